The Morgan fingerprint density at radius 3 is 2.60 bits per heavy atom. The standard InChI is InChI=1S/C14H30N4S.HI/c1-4-15-14(16-7-10-19-3)17-11-13(2)12-18-8-5-6-9-18;/h13H,4-12H2,1-3H3,(H2,15,16,17);1H. The van der Waals surface area contributed by atoms with E-state index in [-0.39, 0.29) is 24.0 Å². The van der Waals surface area contributed by atoms with Crippen molar-refractivity contribution in [3.8, 4) is 0 Å². The van der Waals surface area contributed by atoms with Crippen molar-refractivity contribution in [3.05, 3.63) is 0 Å². The zero-order valence-corrected chi connectivity index (χ0v) is 16.3. The fourth-order valence-electron chi connectivity index (χ4n) is 2.32. The van der Waals surface area contributed by atoms with Gasteiger partial charge in [0.25, 0.3) is 0 Å². The van der Waals surface area contributed by atoms with Gasteiger partial charge in [-0.05, 0) is 45.0 Å². The lowest BCUT2D eigenvalue weighted by Crippen LogP contribution is -2.39. The number of halogens is 1. The third kappa shape index (κ3) is 9.28. The maximum absolute atomic E-state index is 4.69. The van der Waals surface area contributed by atoms with Gasteiger partial charge >= 0.3 is 0 Å². The van der Waals surface area contributed by atoms with Gasteiger partial charge in [0.1, 0.15) is 0 Å². The lowest BCUT2D eigenvalue weighted by molar-refractivity contribution is 0.291. The number of thioether (sulfide) groups is 1. The van der Waals surface area contributed by atoms with Gasteiger partial charge in [0.2, 0.25) is 0 Å². The highest BCUT2D eigenvalue weighted by molar-refractivity contribution is 14.0. The van der Waals surface area contributed by atoms with Crippen molar-refractivity contribution < 1.29 is 0 Å². The molecule has 0 aromatic heterocycles. The summed E-state index contributed by atoms with van der Waals surface area (Å²) in [5.41, 5.74) is 0. The number of rotatable bonds is 8. The first-order chi connectivity index (χ1) is 9.26. The van der Waals surface area contributed by atoms with E-state index in [1.54, 1.807) is 0 Å². The number of nitrogens with one attached hydrogen (secondary N) is 2. The van der Waals surface area contributed by atoms with Gasteiger partial charge in [-0.3, -0.25) is 4.99 Å². The average Bonchev–Trinajstić information content (AvgIpc) is 2.89. The molecule has 0 aromatic rings. The highest BCUT2D eigenvalue weighted by Gasteiger charge is 2.14. The minimum Gasteiger partial charge on any atom is -0.357 e. The van der Waals surface area contributed by atoms with E-state index in [1.165, 1.54) is 32.5 Å². The molecule has 0 saturated carbocycles. The van der Waals surface area contributed by atoms with Crippen LogP contribution in [0.3, 0.4) is 0 Å². The molecule has 0 aliphatic carbocycles. The minimum atomic E-state index is 0. The molecular formula is C14H31IN4S. The Hall–Kier alpha value is 0.310. The Morgan fingerprint density at radius 1 is 1.30 bits per heavy atom. The van der Waals surface area contributed by atoms with E-state index in [4.69, 9.17) is 0 Å². The highest BCUT2D eigenvalue weighted by atomic mass is 127. The van der Waals surface area contributed by atoms with E-state index < -0.39 is 0 Å². The molecule has 1 atom stereocenters. The topological polar surface area (TPSA) is 39.7 Å². The fraction of sp³-hybridized carbons (Fsp3) is 0.929. The quantitative estimate of drug-likeness (QED) is 0.277. The SMILES string of the molecule is CCNC(=NCC(C)CN1CCCC1)NCCSC.I. The predicted molar refractivity (Wildman–Crippen MR) is 103 cm³/mol. The van der Waals surface area contributed by atoms with Gasteiger partial charge in [0.05, 0.1) is 0 Å². The summed E-state index contributed by atoms with van der Waals surface area (Å²) in [6, 6.07) is 0. The van der Waals surface area contributed by atoms with Crippen LogP contribution < -0.4 is 10.6 Å². The van der Waals surface area contributed by atoms with Crippen LogP contribution in [-0.4, -0.2) is 62.1 Å². The van der Waals surface area contributed by atoms with E-state index in [0.717, 1.165) is 31.3 Å². The molecule has 1 rings (SSSR count). The molecule has 1 saturated heterocycles. The van der Waals surface area contributed by atoms with Crippen LogP contribution in [0.4, 0.5) is 0 Å². The van der Waals surface area contributed by atoms with Crippen molar-refractivity contribution in [1.29, 1.82) is 0 Å². The third-order valence-electron chi connectivity index (χ3n) is 3.27. The number of hydrogen-bond donors (Lipinski definition) is 2. The maximum atomic E-state index is 4.69. The van der Waals surface area contributed by atoms with Gasteiger partial charge in [-0.15, -0.1) is 24.0 Å². The van der Waals surface area contributed by atoms with E-state index in [1.807, 2.05) is 11.8 Å². The molecule has 1 aliphatic rings. The molecule has 1 unspecified atom stereocenters. The lowest BCUT2D eigenvalue weighted by Gasteiger charge is -2.19. The largest absolute Gasteiger partial charge is 0.357 e. The van der Waals surface area contributed by atoms with Gasteiger partial charge in [-0.2, -0.15) is 11.8 Å². The summed E-state index contributed by atoms with van der Waals surface area (Å²) >= 11 is 1.86. The number of aliphatic imine (C=N–C) groups is 1. The van der Waals surface area contributed by atoms with Crippen molar-refractivity contribution in [3.63, 3.8) is 0 Å². The van der Waals surface area contributed by atoms with Crippen LogP contribution in [0.25, 0.3) is 0 Å². The van der Waals surface area contributed by atoms with E-state index >= 15 is 0 Å². The van der Waals surface area contributed by atoms with E-state index in [2.05, 4.69) is 40.6 Å². The van der Waals surface area contributed by atoms with Crippen LogP contribution in [0.2, 0.25) is 0 Å². The number of hydrogen-bond acceptors (Lipinski definition) is 3. The molecule has 1 aliphatic heterocycles. The van der Waals surface area contributed by atoms with Crippen molar-refractivity contribution >= 4 is 41.7 Å². The highest BCUT2D eigenvalue weighted by Crippen LogP contribution is 2.10. The second-order valence-corrected chi connectivity index (χ2v) is 6.24. The normalized spacial score (nSPS) is 17.6. The summed E-state index contributed by atoms with van der Waals surface area (Å²) in [5, 5.41) is 6.68. The summed E-state index contributed by atoms with van der Waals surface area (Å²) in [7, 11) is 0. The lowest BCUT2D eigenvalue weighted by atomic mass is 10.2. The Balaban J connectivity index is 0.00000361. The number of nitrogens with zero attached hydrogens (tertiary/aromatic N) is 2. The molecular weight excluding hydrogens is 383 g/mol. The van der Waals surface area contributed by atoms with E-state index in [9.17, 15) is 0 Å². The molecule has 0 amide bonds. The zero-order chi connectivity index (χ0) is 13.9. The zero-order valence-electron chi connectivity index (χ0n) is 13.2. The van der Waals surface area contributed by atoms with Crippen LogP contribution in [-0.2, 0) is 0 Å². The van der Waals surface area contributed by atoms with Crippen molar-refractivity contribution in [2.45, 2.75) is 26.7 Å². The van der Waals surface area contributed by atoms with Crippen molar-refractivity contribution in [2.24, 2.45) is 10.9 Å². The predicted octanol–water partition coefficient (Wildman–Crippen LogP) is 2.25. The molecule has 4 nitrogen and oxygen atoms in total. The summed E-state index contributed by atoms with van der Waals surface area (Å²) in [5.74, 6) is 2.72. The van der Waals surface area contributed by atoms with E-state index in [0.29, 0.717) is 5.92 Å². The van der Waals surface area contributed by atoms with Crippen LogP contribution in [0.5, 0.6) is 0 Å². The first kappa shape index (κ1) is 20.3. The summed E-state index contributed by atoms with van der Waals surface area (Å²) in [6.07, 6.45) is 4.87. The minimum absolute atomic E-state index is 0. The van der Waals surface area contributed by atoms with Gasteiger partial charge in [-0.1, -0.05) is 6.92 Å². The Morgan fingerprint density at radius 2 is 2.00 bits per heavy atom. The molecule has 0 bridgehead atoms. The Bertz CT molecular complexity index is 258. The van der Waals surface area contributed by atoms with Crippen LogP contribution in [0.1, 0.15) is 26.7 Å². The monoisotopic (exact) mass is 414 g/mol. The van der Waals surface area contributed by atoms with Gasteiger partial charge < -0.3 is 15.5 Å². The summed E-state index contributed by atoms with van der Waals surface area (Å²) in [4.78, 5) is 7.25. The Kier molecular flexibility index (Phi) is 13.2. The van der Waals surface area contributed by atoms with Gasteiger partial charge in [0, 0.05) is 31.9 Å². The molecule has 20 heavy (non-hydrogen) atoms. The fourth-order valence-corrected chi connectivity index (χ4v) is 2.63. The summed E-state index contributed by atoms with van der Waals surface area (Å²) in [6.45, 7) is 11.0. The average molecular weight is 414 g/mol. The number of likely N-dealkylation sites (tertiary alicyclic amines) is 1. The van der Waals surface area contributed by atoms with Crippen LogP contribution >= 0.6 is 35.7 Å². The molecule has 120 valence electrons. The molecule has 6 heteroatoms. The maximum Gasteiger partial charge on any atom is 0.191 e. The molecule has 1 heterocycles. The Labute approximate surface area is 145 Å². The second kappa shape index (κ2) is 13.0. The molecule has 0 spiro atoms. The third-order valence-corrected chi connectivity index (χ3v) is 3.88. The van der Waals surface area contributed by atoms with Crippen LogP contribution in [0, 0.1) is 5.92 Å². The van der Waals surface area contributed by atoms with Crippen LogP contribution in [0.15, 0.2) is 4.99 Å². The van der Waals surface area contributed by atoms with Crippen molar-refractivity contribution in [1.82, 2.24) is 15.5 Å². The summed E-state index contributed by atoms with van der Waals surface area (Å²) < 4.78 is 0. The van der Waals surface area contributed by atoms with Gasteiger partial charge in [-0.25, -0.2) is 0 Å². The smallest absolute Gasteiger partial charge is 0.191 e. The molecule has 0 radical (unpaired) electrons. The molecule has 2 N–H and O–H groups in total. The number of guanidine groups is 1. The first-order valence-corrected chi connectivity index (χ1v) is 8.89. The second-order valence-electron chi connectivity index (χ2n) is 5.25. The molecule has 1 fully saturated rings. The van der Waals surface area contributed by atoms with Gasteiger partial charge in [0.15, 0.2) is 5.96 Å². The molecule has 0 aromatic carbocycles. The van der Waals surface area contributed by atoms with Crippen molar-refractivity contribution in [2.75, 3.05) is 51.3 Å². The first-order valence-electron chi connectivity index (χ1n) is 7.49.